The minimum atomic E-state index is -1.85. The highest BCUT2D eigenvalue weighted by Gasteiger charge is 2.67. The number of unbranched alkanes of at least 4 members (excludes halogenated alkanes) is 1. The quantitative estimate of drug-likeness (QED) is 0.503. The van der Waals surface area contributed by atoms with Crippen LogP contribution in [-0.4, -0.2) is 68.1 Å². The summed E-state index contributed by atoms with van der Waals surface area (Å²) in [4.78, 5) is 12.6. The van der Waals surface area contributed by atoms with E-state index in [1.54, 1.807) is 4.57 Å². The lowest BCUT2D eigenvalue weighted by Crippen LogP contribution is -2.63. The van der Waals surface area contributed by atoms with Crippen LogP contribution in [0.5, 0.6) is 0 Å². The van der Waals surface area contributed by atoms with Gasteiger partial charge in [-0.15, -0.1) is 0 Å². The first-order chi connectivity index (χ1) is 12.3. The molecule has 1 aliphatic heterocycles. The van der Waals surface area contributed by atoms with Crippen molar-refractivity contribution in [1.29, 1.82) is 0 Å². The smallest absolute Gasteiger partial charge is 0.167 e. The maximum absolute atomic E-state index is 11.7. The summed E-state index contributed by atoms with van der Waals surface area (Å²) in [6.45, 7) is 5.69. The van der Waals surface area contributed by atoms with E-state index in [9.17, 15) is 15.3 Å². The summed E-state index contributed by atoms with van der Waals surface area (Å²) in [5, 5.41) is 31.0. The van der Waals surface area contributed by atoms with E-state index in [2.05, 4.69) is 15.0 Å². The molecular weight excluding hydrogens is 354 g/mol. The average Bonchev–Trinajstić information content (AvgIpc) is 3.14. The Morgan fingerprint density at radius 2 is 2.08 bits per heavy atom. The van der Waals surface area contributed by atoms with Gasteiger partial charge in [0.25, 0.3) is 0 Å². The van der Waals surface area contributed by atoms with Crippen LogP contribution < -0.4 is 5.73 Å². The summed E-state index contributed by atoms with van der Waals surface area (Å²) in [6.07, 6.45) is 2.68. The maximum atomic E-state index is 11.7. The zero-order valence-electron chi connectivity index (χ0n) is 15.3. The molecule has 0 aliphatic carbocycles. The molecule has 2 aromatic rings. The lowest BCUT2D eigenvalue weighted by Gasteiger charge is -2.45. The normalized spacial score (nSPS) is 32.0. The SMILES string of the molecule is CCCC[C@@]1(O)[C@H](O)[C@@H](CO)O[C@]1(n1cnc2c(N)ncnc21)[SiH](C)C. The van der Waals surface area contributed by atoms with Crippen LogP contribution in [0.2, 0.25) is 13.1 Å². The minimum absolute atomic E-state index is 0.240. The Bertz CT molecular complexity index is 787. The van der Waals surface area contributed by atoms with Crippen molar-refractivity contribution >= 4 is 25.8 Å². The van der Waals surface area contributed by atoms with Gasteiger partial charge in [-0.25, -0.2) is 15.0 Å². The standard InChI is InChI=1S/C16H27N5O4Si/c1-4-5-6-15(24)12(23)10(7-22)25-16(15,26(2)3)21-9-20-11-13(17)18-8-19-14(11)21/h8-10,12,22-24,26H,4-7H2,1-3H3,(H2,17,18,19)/t10-,12-,15-,16+/m1/s1. The fraction of sp³-hybridized carbons (Fsp3) is 0.688. The van der Waals surface area contributed by atoms with Crippen LogP contribution in [0, 0.1) is 0 Å². The Kier molecular flexibility index (Phi) is 5.06. The Balaban J connectivity index is 2.26. The number of fused-ring (bicyclic) bond motifs is 1. The van der Waals surface area contributed by atoms with Gasteiger partial charge in [0.2, 0.25) is 0 Å². The number of rotatable bonds is 6. The zero-order valence-corrected chi connectivity index (χ0v) is 16.5. The van der Waals surface area contributed by atoms with Gasteiger partial charge in [-0.2, -0.15) is 0 Å². The molecule has 26 heavy (non-hydrogen) atoms. The molecule has 10 heteroatoms. The molecule has 0 bridgehead atoms. The third-order valence-electron chi connectivity index (χ3n) is 5.39. The van der Waals surface area contributed by atoms with Gasteiger partial charge in [0.15, 0.2) is 16.8 Å². The second kappa shape index (κ2) is 6.85. The van der Waals surface area contributed by atoms with Crippen LogP contribution in [0.25, 0.3) is 11.2 Å². The molecule has 1 fully saturated rings. The third kappa shape index (κ3) is 2.48. The van der Waals surface area contributed by atoms with E-state index in [0.29, 0.717) is 24.0 Å². The van der Waals surface area contributed by atoms with E-state index >= 15 is 0 Å². The van der Waals surface area contributed by atoms with Crippen LogP contribution in [0.1, 0.15) is 26.2 Å². The highest BCUT2D eigenvalue weighted by atomic mass is 28.3. The fourth-order valence-corrected chi connectivity index (χ4v) is 6.61. The summed E-state index contributed by atoms with van der Waals surface area (Å²) in [6, 6.07) is 0. The van der Waals surface area contributed by atoms with Crippen LogP contribution in [0.15, 0.2) is 12.7 Å². The van der Waals surface area contributed by atoms with Gasteiger partial charge < -0.3 is 25.8 Å². The van der Waals surface area contributed by atoms with Crippen molar-refractivity contribution in [1.82, 2.24) is 19.5 Å². The van der Waals surface area contributed by atoms with Crippen molar-refractivity contribution in [3.05, 3.63) is 12.7 Å². The summed E-state index contributed by atoms with van der Waals surface area (Å²) in [5.41, 5.74) is 5.21. The largest absolute Gasteiger partial charge is 0.394 e. The number of ether oxygens (including phenoxy) is 1. The fourth-order valence-electron chi connectivity index (χ4n) is 4.10. The van der Waals surface area contributed by atoms with Crippen LogP contribution in [0.4, 0.5) is 5.82 Å². The number of nitrogens with two attached hydrogens (primary N) is 1. The van der Waals surface area contributed by atoms with Crippen molar-refractivity contribution in [2.24, 2.45) is 0 Å². The van der Waals surface area contributed by atoms with Gasteiger partial charge >= 0.3 is 0 Å². The predicted octanol–water partition coefficient (Wildman–Crippen LogP) is -0.240. The van der Waals surface area contributed by atoms with E-state index in [0.717, 1.165) is 6.42 Å². The highest BCUT2D eigenvalue weighted by molar-refractivity contribution is 6.58. The highest BCUT2D eigenvalue weighted by Crippen LogP contribution is 2.49. The topological polar surface area (TPSA) is 140 Å². The number of aromatic nitrogens is 4. The molecule has 3 heterocycles. The molecule has 0 aromatic carbocycles. The molecule has 0 unspecified atom stereocenters. The van der Waals surface area contributed by atoms with Gasteiger partial charge in [-0.3, -0.25) is 4.57 Å². The lowest BCUT2D eigenvalue weighted by atomic mass is 9.88. The Morgan fingerprint density at radius 1 is 1.35 bits per heavy atom. The monoisotopic (exact) mass is 381 g/mol. The van der Waals surface area contributed by atoms with Gasteiger partial charge in [0.05, 0.1) is 21.7 Å². The number of anilines is 1. The second-order valence-electron chi connectivity index (χ2n) is 7.21. The number of imidazole rings is 1. The zero-order chi connectivity index (χ0) is 19.1. The molecule has 0 spiro atoms. The first kappa shape index (κ1) is 19.2. The molecule has 0 saturated carbocycles. The van der Waals surface area contributed by atoms with E-state index in [1.165, 1.54) is 12.7 Å². The van der Waals surface area contributed by atoms with Crippen molar-refractivity contribution in [3.63, 3.8) is 0 Å². The molecule has 0 amide bonds. The van der Waals surface area contributed by atoms with Gasteiger partial charge in [0.1, 0.15) is 29.7 Å². The first-order valence-electron chi connectivity index (χ1n) is 8.96. The van der Waals surface area contributed by atoms with Crippen molar-refractivity contribution in [2.75, 3.05) is 12.3 Å². The predicted molar refractivity (Wildman–Crippen MR) is 99.0 cm³/mol. The van der Waals surface area contributed by atoms with Crippen LogP contribution >= 0.6 is 0 Å². The molecule has 5 N–H and O–H groups in total. The number of nitrogens with zero attached hydrogens (tertiary/aromatic N) is 4. The summed E-state index contributed by atoms with van der Waals surface area (Å²) >= 11 is 0. The number of hydrogen-bond acceptors (Lipinski definition) is 8. The van der Waals surface area contributed by atoms with E-state index in [-0.39, 0.29) is 12.4 Å². The number of hydrogen-bond donors (Lipinski definition) is 4. The molecule has 4 atom stereocenters. The molecular formula is C16H27N5O4Si. The third-order valence-corrected chi connectivity index (χ3v) is 7.87. The molecule has 3 rings (SSSR count). The Hall–Kier alpha value is -1.59. The molecule has 1 aliphatic rings. The number of aliphatic hydroxyl groups excluding tert-OH is 2. The molecule has 9 nitrogen and oxygen atoms in total. The first-order valence-corrected chi connectivity index (χ1v) is 11.8. The van der Waals surface area contributed by atoms with Crippen molar-refractivity contribution < 1.29 is 20.1 Å². The van der Waals surface area contributed by atoms with Crippen LogP contribution in [-0.2, 0) is 10.1 Å². The summed E-state index contributed by atoms with van der Waals surface area (Å²) < 4.78 is 7.90. The van der Waals surface area contributed by atoms with Crippen molar-refractivity contribution in [3.8, 4) is 0 Å². The van der Waals surface area contributed by atoms with E-state index < -0.39 is 32.0 Å². The molecule has 1 saturated heterocycles. The summed E-state index contributed by atoms with van der Waals surface area (Å²) in [5.74, 6) is 0.240. The number of nitrogen functional groups attached to an aromatic ring is 1. The Morgan fingerprint density at radius 3 is 2.69 bits per heavy atom. The van der Waals surface area contributed by atoms with Crippen LogP contribution in [0.3, 0.4) is 0 Å². The second-order valence-corrected chi connectivity index (χ2v) is 10.3. The molecule has 2 aromatic heterocycles. The van der Waals surface area contributed by atoms with Gasteiger partial charge in [-0.05, 0) is 6.42 Å². The summed E-state index contributed by atoms with van der Waals surface area (Å²) in [7, 11) is -1.85. The Labute approximate surface area is 153 Å². The molecule has 0 radical (unpaired) electrons. The lowest BCUT2D eigenvalue weighted by molar-refractivity contribution is -0.148. The van der Waals surface area contributed by atoms with Crippen molar-refractivity contribution in [2.45, 2.75) is 62.4 Å². The maximum Gasteiger partial charge on any atom is 0.167 e. The van der Waals surface area contributed by atoms with Gasteiger partial charge in [-0.1, -0.05) is 32.9 Å². The van der Waals surface area contributed by atoms with E-state index in [4.69, 9.17) is 10.5 Å². The minimum Gasteiger partial charge on any atom is -0.394 e. The van der Waals surface area contributed by atoms with E-state index in [1.807, 2.05) is 20.0 Å². The number of aliphatic hydroxyl groups is 3. The van der Waals surface area contributed by atoms with Gasteiger partial charge in [0, 0.05) is 0 Å². The average molecular weight is 382 g/mol. The molecule has 144 valence electrons.